The SMILES string of the molecule is COC(=O)N(C)c1cc(Br)ccn1. The van der Waals surface area contributed by atoms with Gasteiger partial charge in [0.25, 0.3) is 0 Å². The molecule has 0 atom stereocenters. The van der Waals surface area contributed by atoms with E-state index in [-0.39, 0.29) is 0 Å². The predicted octanol–water partition coefficient (Wildman–Crippen LogP) is 2.05. The minimum absolute atomic E-state index is 0.439. The first-order valence-corrected chi connectivity index (χ1v) is 4.37. The van der Waals surface area contributed by atoms with Gasteiger partial charge in [0.15, 0.2) is 0 Å². The third kappa shape index (κ3) is 2.42. The molecule has 1 rings (SSSR count). The number of ether oxygens (including phenoxy) is 1. The molecule has 0 aromatic carbocycles. The molecule has 0 unspecified atom stereocenters. The zero-order valence-corrected chi connectivity index (χ0v) is 8.91. The smallest absolute Gasteiger partial charge is 0.414 e. The van der Waals surface area contributed by atoms with E-state index in [0.29, 0.717) is 5.82 Å². The summed E-state index contributed by atoms with van der Waals surface area (Å²) in [5.41, 5.74) is 0. The van der Waals surface area contributed by atoms with Gasteiger partial charge in [-0.1, -0.05) is 15.9 Å². The lowest BCUT2D eigenvalue weighted by Crippen LogP contribution is -2.26. The molecule has 1 aromatic rings. The Hall–Kier alpha value is -1.10. The van der Waals surface area contributed by atoms with Crippen LogP contribution < -0.4 is 4.90 Å². The van der Waals surface area contributed by atoms with Crippen molar-refractivity contribution >= 4 is 27.8 Å². The molecule has 0 spiro atoms. The van der Waals surface area contributed by atoms with Gasteiger partial charge in [0.2, 0.25) is 0 Å². The third-order valence-electron chi connectivity index (χ3n) is 1.50. The first kappa shape index (κ1) is 9.98. The Morgan fingerprint density at radius 3 is 2.92 bits per heavy atom. The second-order valence-electron chi connectivity index (χ2n) is 2.36. The second kappa shape index (κ2) is 4.23. The van der Waals surface area contributed by atoms with Gasteiger partial charge < -0.3 is 4.74 Å². The minimum atomic E-state index is -0.439. The number of aromatic nitrogens is 1. The number of hydrogen-bond acceptors (Lipinski definition) is 3. The summed E-state index contributed by atoms with van der Waals surface area (Å²) in [6.45, 7) is 0. The second-order valence-corrected chi connectivity index (χ2v) is 3.28. The van der Waals surface area contributed by atoms with Crippen LogP contribution in [-0.2, 0) is 4.74 Å². The van der Waals surface area contributed by atoms with Crippen LogP contribution in [0.2, 0.25) is 0 Å². The Labute approximate surface area is 84.6 Å². The number of methoxy groups -OCH3 is 1. The van der Waals surface area contributed by atoms with E-state index in [1.807, 2.05) is 0 Å². The summed E-state index contributed by atoms with van der Waals surface area (Å²) in [7, 11) is 2.93. The Kier molecular flexibility index (Phi) is 3.25. The summed E-state index contributed by atoms with van der Waals surface area (Å²) < 4.78 is 5.41. The topological polar surface area (TPSA) is 42.4 Å². The molecule has 70 valence electrons. The first-order valence-electron chi connectivity index (χ1n) is 3.58. The molecule has 0 bridgehead atoms. The van der Waals surface area contributed by atoms with Gasteiger partial charge in [-0.25, -0.2) is 9.78 Å². The van der Waals surface area contributed by atoms with Crippen LogP contribution in [0, 0.1) is 0 Å². The van der Waals surface area contributed by atoms with Crippen LogP contribution in [0.5, 0.6) is 0 Å². The van der Waals surface area contributed by atoms with Crippen LogP contribution in [-0.4, -0.2) is 25.2 Å². The zero-order valence-electron chi connectivity index (χ0n) is 7.32. The average Bonchev–Trinajstić information content (AvgIpc) is 2.15. The molecule has 1 heterocycles. The Balaban J connectivity index is 2.88. The summed E-state index contributed by atoms with van der Waals surface area (Å²) in [6, 6.07) is 3.52. The van der Waals surface area contributed by atoms with Crippen molar-refractivity contribution in [2.75, 3.05) is 19.1 Å². The molecule has 0 aliphatic rings. The van der Waals surface area contributed by atoms with Crippen molar-refractivity contribution in [2.45, 2.75) is 0 Å². The fraction of sp³-hybridized carbons (Fsp3) is 0.250. The lowest BCUT2D eigenvalue weighted by atomic mass is 10.4. The number of amides is 1. The molecule has 0 aliphatic heterocycles. The van der Waals surface area contributed by atoms with Crippen molar-refractivity contribution in [3.8, 4) is 0 Å². The van der Waals surface area contributed by atoms with Gasteiger partial charge in [-0.2, -0.15) is 0 Å². The van der Waals surface area contributed by atoms with E-state index >= 15 is 0 Å². The van der Waals surface area contributed by atoms with E-state index in [1.54, 1.807) is 25.4 Å². The maximum absolute atomic E-state index is 11.1. The van der Waals surface area contributed by atoms with Crippen LogP contribution in [0.1, 0.15) is 0 Å². The van der Waals surface area contributed by atoms with E-state index in [0.717, 1.165) is 4.47 Å². The van der Waals surface area contributed by atoms with E-state index in [2.05, 4.69) is 25.7 Å². The largest absolute Gasteiger partial charge is 0.452 e. The van der Waals surface area contributed by atoms with Crippen molar-refractivity contribution < 1.29 is 9.53 Å². The maximum Gasteiger partial charge on any atom is 0.414 e. The molecule has 13 heavy (non-hydrogen) atoms. The summed E-state index contributed by atoms with van der Waals surface area (Å²) in [6.07, 6.45) is 1.17. The highest BCUT2D eigenvalue weighted by atomic mass is 79.9. The van der Waals surface area contributed by atoms with Gasteiger partial charge in [0.1, 0.15) is 5.82 Å². The van der Waals surface area contributed by atoms with Gasteiger partial charge in [-0.3, -0.25) is 4.90 Å². The normalized spacial score (nSPS) is 9.46. The highest BCUT2D eigenvalue weighted by molar-refractivity contribution is 9.10. The molecule has 1 aromatic heterocycles. The molecule has 1 amide bonds. The van der Waals surface area contributed by atoms with Crippen LogP contribution >= 0.6 is 15.9 Å². The Bertz CT molecular complexity index is 317. The van der Waals surface area contributed by atoms with Crippen molar-refractivity contribution in [1.29, 1.82) is 0 Å². The number of rotatable bonds is 1. The van der Waals surface area contributed by atoms with E-state index in [9.17, 15) is 4.79 Å². The van der Waals surface area contributed by atoms with Crippen LogP contribution in [0.15, 0.2) is 22.8 Å². The number of anilines is 1. The number of nitrogens with zero attached hydrogens (tertiary/aromatic N) is 2. The number of carbonyl (C=O) groups is 1. The third-order valence-corrected chi connectivity index (χ3v) is 1.99. The summed E-state index contributed by atoms with van der Waals surface area (Å²) in [5, 5.41) is 0. The molecule has 0 aliphatic carbocycles. The lowest BCUT2D eigenvalue weighted by Gasteiger charge is -2.13. The van der Waals surface area contributed by atoms with Crippen molar-refractivity contribution in [3.63, 3.8) is 0 Å². The minimum Gasteiger partial charge on any atom is -0.452 e. The fourth-order valence-electron chi connectivity index (χ4n) is 0.807. The standard InChI is InChI=1S/C8H9BrN2O2/c1-11(8(12)13-2)7-5-6(9)3-4-10-7/h3-5H,1-2H3. The van der Waals surface area contributed by atoms with Crippen molar-refractivity contribution in [1.82, 2.24) is 4.98 Å². The summed E-state index contributed by atoms with van der Waals surface area (Å²) in [4.78, 5) is 16.4. The van der Waals surface area contributed by atoms with Crippen molar-refractivity contribution in [3.05, 3.63) is 22.8 Å². The first-order chi connectivity index (χ1) is 6.15. The van der Waals surface area contributed by atoms with E-state index in [1.165, 1.54) is 12.0 Å². The number of carbonyl (C=O) groups excluding carboxylic acids is 1. The van der Waals surface area contributed by atoms with Gasteiger partial charge >= 0.3 is 6.09 Å². The van der Waals surface area contributed by atoms with Gasteiger partial charge in [-0.15, -0.1) is 0 Å². The van der Waals surface area contributed by atoms with Gasteiger partial charge in [0, 0.05) is 17.7 Å². The monoisotopic (exact) mass is 244 g/mol. The lowest BCUT2D eigenvalue weighted by molar-refractivity contribution is 0.180. The van der Waals surface area contributed by atoms with Crippen LogP contribution in [0.4, 0.5) is 10.6 Å². The molecule has 0 fully saturated rings. The summed E-state index contributed by atoms with van der Waals surface area (Å²) >= 11 is 3.28. The molecule has 5 heteroatoms. The van der Waals surface area contributed by atoms with Crippen LogP contribution in [0.3, 0.4) is 0 Å². The molecule has 0 radical (unpaired) electrons. The molecule has 0 N–H and O–H groups in total. The molecule has 4 nitrogen and oxygen atoms in total. The number of halogens is 1. The zero-order chi connectivity index (χ0) is 9.84. The Morgan fingerprint density at radius 2 is 2.38 bits per heavy atom. The van der Waals surface area contributed by atoms with Gasteiger partial charge in [-0.05, 0) is 12.1 Å². The molecule has 0 saturated carbocycles. The fourth-order valence-corrected chi connectivity index (χ4v) is 1.13. The van der Waals surface area contributed by atoms with E-state index in [4.69, 9.17) is 0 Å². The highest BCUT2D eigenvalue weighted by Crippen LogP contribution is 2.15. The van der Waals surface area contributed by atoms with Crippen molar-refractivity contribution in [2.24, 2.45) is 0 Å². The summed E-state index contributed by atoms with van der Waals surface area (Å²) in [5.74, 6) is 0.543. The quantitative estimate of drug-likeness (QED) is 0.760. The predicted molar refractivity (Wildman–Crippen MR) is 52.7 cm³/mol. The molecular weight excluding hydrogens is 236 g/mol. The van der Waals surface area contributed by atoms with E-state index < -0.39 is 6.09 Å². The number of hydrogen-bond donors (Lipinski definition) is 0. The maximum atomic E-state index is 11.1. The molecular formula is C8H9BrN2O2. The Morgan fingerprint density at radius 1 is 1.69 bits per heavy atom. The highest BCUT2D eigenvalue weighted by Gasteiger charge is 2.11. The van der Waals surface area contributed by atoms with Gasteiger partial charge in [0.05, 0.1) is 7.11 Å². The number of pyridine rings is 1. The van der Waals surface area contributed by atoms with Crippen LogP contribution in [0.25, 0.3) is 0 Å². The molecule has 0 saturated heterocycles. The average molecular weight is 245 g/mol.